The van der Waals surface area contributed by atoms with Crippen LogP contribution >= 0.6 is 0 Å². The second kappa shape index (κ2) is 7.60. The molecule has 0 aromatic rings. The van der Waals surface area contributed by atoms with E-state index in [2.05, 4.69) is 17.9 Å². The van der Waals surface area contributed by atoms with Gasteiger partial charge in [-0.15, -0.1) is 0 Å². The Morgan fingerprint density at radius 1 is 1.25 bits per heavy atom. The van der Waals surface area contributed by atoms with Gasteiger partial charge in [0.2, 0.25) is 0 Å². The number of rotatable bonds is 6. The van der Waals surface area contributed by atoms with Gasteiger partial charge in [0.05, 0.1) is 6.26 Å². The van der Waals surface area contributed by atoms with Crippen LogP contribution in [0.3, 0.4) is 0 Å². The van der Waals surface area contributed by atoms with Crippen molar-refractivity contribution in [3.8, 4) is 0 Å². The van der Waals surface area contributed by atoms with Crippen LogP contribution in [-0.4, -0.2) is 19.2 Å². The number of carbonyl (C=O) groups excluding carboxylic acids is 1. The summed E-state index contributed by atoms with van der Waals surface area (Å²) in [6.45, 7) is 7.30. The molecule has 0 aliphatic rings. The fraction of sp³-hybridized carbons (Fsp3) is 0.222. The first-order valence-electron chi connectivity index (χ1n) is 3.48. The Bertz CT molecular complexity index is 182. The Morgan fingerprint density at radius 2 is 1.92 bits per heavy atom. The van der Waals surface area contributed by atoms with Crippen LogP contribution < -0.4 is 0 Å². The lowest BCUT2D eigenvalue weighted by Gasteiger charge is -1.95. The molecular formula is C9H12O3. The van der Waals surface area contributed by atoms with Gasteiger partial charge < -0.3 is 9.47 Å². The zero-order chi connectivity index (χ0) is 9.23. The molecule has 0 spiro atoms. The number of esters is 1. The van der Waals surface area contributed by atoms with E-state index in [4.69, 9.17) is 4.74 Å². The van der Waals surface area contributed by atoms with Crippen molar-refractivity contribution >= 4 is 5.97 Å². The van der Waals surface area contributed by atoms with E-state index >= 15 is 0 Å². The molecule has 0 atom stereocenters. The molecule has 0 heterocycles. The van der Waals surface area contributed by atoms with Crippen molar-refractivity contribution in [2.75, 3.05) is 13.2 Å². The van der Waals surface area contributed by atoms with Crippen molar-refractivity contribution in [1.82, 2.24) is 0 Å². The summed E-state index contributed by atoms with van der Waals surface area (Å²) in [7, 11) is 0. The third-order valence-electron chi connectivity index (χ3n) is 0.965. The summed E-state index contributed by atoms with van der Waals surface area (Å²) >= 11 is 0. The smallest absolute Gasteiger partial charge is 0.330 e. The summed E-state index contributed by atoms with van der Waals surface area (Å²) in [6, 6.07) is 0. The van der Waals surface area contributed by atoms with E-state index in [1.54, 1.807) is 12.2 Å². The Kier molecular flexibility index (Phi) is 6.64. The maximum absolute atomic E-state index is 10.5. The highest BCUT2D eigenvalue weighted by Crippen LogP contribution is 1.82. The van der Waals surface area contributed by atoms with Gasteiger partial charge >= 0.3 is 5.97 Å². The van der Waals surface area contributed by atoms with Gasteiger partial charge in [-0.3, -0.25) is 0 Å². The quantitative estimate of drug-likeness (QED) is 0.198. The lowest BCUT2D eigenvalue weighted by molar-refractivity contribution is -0.136. The predicted molar refractivity (Wildman–Crippen MR) is 46.4 cm³/mol. The van der Waals surface area contributed by atoms with Crippen molar-refractivity contribution in [2.24, 2.45) is 0 Å². The fourth-order valence-electron chi connectivity index (χ4n) is 0.449. The van der Waals surface area contributed by atoms with Gasteiger partial charge in [0.1, 0.15) is 13.2 Å². The summed E-state index contributed by atoms with van der Waals surface area (Å²) in [6.07, 6.45) is 5.89. The molecule has 0 amide bonds. The van der Waals surface area contributed by atoms with Crippen LogP contribution in [-0.2, 0) is 14.3 Å². The van der Waals surface area contributed by atoms with Gasteiger partial charge in [-0.1, -0.05) is 13.2 Å². The fourth-order valence-corrected chi connectivity index (χ4v) is 0.449. The van der Waals surface area contributed by atoms with Crippen LogP contribution in [0.15, 0.2) is 37.6 Å². The highest BCUT2D eigenvalue weighted by Gasteiger charge is 1.89. The molecule has 66 valence electrons. The first-order chi connectivity index (χ1) is 5.81. The lowest BCUT2D eigenvalue weighted by atomic mass is 10.5. The van der Waals surface area contributed by atoms with Gasteiger partial charge in [0.25, 0.3) is 0 Å². The Hall–Kier alpha value is -1.51. The maximum Gasteiger partial charge on any atom is 0.330 e. The highest BCUT2D eigenvalue weighted by atomic mass is 16.5. The summed E-state index contributed by atoms with van der Waals surface area (Å²) in [4.78, 5) is 10.5. The summed E-state index contributed by atoms with van der Waals surface area (Å²) < 4.78 is 9.43. The van der Waals surface area contributed by atoms with E-state index in [0.29, 0.717) is 6.61 Å². The average Bonchev–Trinajstić information content (AvgIpc) is 2.10. The monoisotopic (exact) mass is 168 g/mol. The Morgan fingerprint density at radius 3 is 2.50 bits per heavy atom. The molecule has 0 aliphatic carbocycles. The van der Waals surface area contributed by atoms with Gasteiger partial charge in [-0.05, 0) is 12.2 Å². The number of ether oxygens (including phenoxy) is 2. The van der Waals surface area contributed by atoms with Crippen LogP contribution in [0.2, 0.25) is 0 Å². The third kappa shape index (κ3) is 6.61. The van der Waals surface area contributed by atoms with Crippen molar-refractivity contribution in [1.29, 1.82) is 0 Å². The SMILES string of the molecule is C=COC/C=C/COC(=O)C=C. The minimum atomic E-state index is -0.427. The van der Waals surface area contributed by atoms with E-state index in [0.717, 1.165) is 6.08 Å². The second-order valence-corrected chi connectivity index (χ2v) is 1.81. The van der Waals surface area contributed by atoms with E-state index in [1.165, 1.54) is 6.26 Å². The van der Waals surface area contributed by atoms with Crippen LogP contribution in [0.4, 0.5) is 0 Å². The molecule has 0 aliphatic heterocycles. The molecule has 0 N–H and O–H groups in total. The molecule has 0 fully saturated rings. The topological polar surface area (TPSA) is 35.5 Å². The Labute approximate surface area is 72.0 Å². The second-order valence-electron chi connectivity index (χ2n) is 1.81. The molecule has 0 saturated carbocycles. The predicted octanol–water partition coefficient (Wildman–Crippen LogP) is 1.43. The first kappa shape index (κ1) is 10.5. The molecule has 0 rings (SSSR count). The first-order valence-corrected chi connectivity index (χ1v) is 3.48. The van der Waals surface area contributed by atoms with E-state index < -0.39 is 5.97 Å². The number of carbonyl (C=O) groups is 1. The van der Waals surface area contributed by atoms with Crippen LogP contribution in [0.1, 0.15) is 0 Å². The summed E-state index contributed by atoms with van der Waals surface area (Å²) in [5.41, 5.74) is 0. The minimum Gasteiger partial charge on any atom is -0.498 e. The van der Waals surface area contributed by atoms with Gasteiger partial charge in [-0.25, -0.2) is 4.79 Å². The van der Waals surface area contributed by atoms with Gasteiger partial charge in [-0.2, -0.15) is 0 Å². The largest absolute Gasteiger partial charge is 0.498 e. The third-order valence-corrected chi connectivity index (χ3v) is 0.965. The molecule has 0 aromatic heterocycles. The van der Waals surface area contributed by atoms with E-state index in [-0.39, 0.29) is 6.61 Å². The molecule has 0 bridgehead atoms. The molecule has 3 nitrogen and oxygen atoms in total. The molecular weight excluding hydrogens is 156 g/mol. The Balaban J connectivity index is 3.29. The zero-order valence-corrected chi connectivity index (χ0v) is 6.86. The molecule has 12 heavy (non-hydrogen) atoms. The molecule has 0 aromatic carbocycles. The standard InChI is InChI=1S/C9H12O3/c1-3-9(10)12-8-6-5-7-11-4-2/h3-6H,1-2,7-8H2/b6-5+. The normalized spacial score (nSPS) is 9.33. The molecule has 0 saturated heterocycles. The summed E-state index contributed by atoms with van der Waals surface area (Å²) in [5, 5.41) is 0. The van der Waals surface area contributed by atoms with Crippen LogP contribution in [0.25, 0.3) is 0 Å². The molecule has 3 heteroatoms. The molecule has 0 unspecified atom stereocenters. The zero-order valence-electron chi connectivity index (χ0n) is 6.86. The van der Waals surface area contributed by atoms with E-state index in [1.807, 2.05) is 0 Å². The maximum atomic E-state index is 10.5. The average molecular weight is 168 g/mol. The van der Waals surface area contributed by atoms with Crippen molar-refractivity contribution in [3.63, 3.8) is 0 Å². The van der Waals surface area contributed by atoms with Crippen molar-refractivity contribution in [2.45, 2.75) is 0 Å². The van der Waals surface area contributed by atoms with Gasteiger partial charge in [0.15, 0.2) is 0 Å². The van der Waals surface area contributed by atoms with E-state index in [9.17, 15) is 4.79 Å². The number of hydrogen-bond donors (Lipinski definition) is 0. The number of hydrogen-bond acceptors (Lipinski definition) is 3. The highest BCUT2D eigenvalue weighted by molar-refractivity contribution is 5.81. The summed E-state index contributed by atoms with van der Waals surface area (Å²) in [5.74, 6) is -0.427. The van der Waals surface area contributed by atoms with Gasteiger partial charge in [0, 0.05) is 6.08 Å². The van der Waals surface area contributed by atoms with Crippen LogP contribution in [0.5, 0.6) is 0 Å². The van der Waals surface area contributed by atoms with Crippen molar-refractivity contribution < 1.29 is 14.3 Å². The van der Waals surface area contributed by atoms with Crippen LogP contribution in [0, 0.1) is 0 Å². The van der Waals surface area contributed by atoms with Crippen molar-refractivity contribution in [3.05, 3.63) is 37.6 Å². The minimum absolute atomic E-state index is 0.241. The molecule has 0 radical (unpaired) electrons. The lowest BCUT2D eigenvalue weighted by Crippen LogP contribution is -1.99.